The van der Waals surface area contributed by atoms with Crippen molar-refractivity contribution < 1.29 is 4.39 Å². The van der Waals surface area contributed by atoms with Crippen LogP contribution in [0.2, 0.25) is 0 Å². The van der Waals surface area contributed by atoms with Crippen LogP contribution in [-0.2, 0) is 4.43 Å². The second-order valence-electron chi connectivity index (χ2n) is 2.63. The topological polar surface area (TPSA) is 0 Å². The Bertz CT molecular complexity index is 269. The van der Waals surface area contributed by atoms with Crippen molar-refractivity contribution in [2.24, 2.45) is 0 Å². The first-order valence-corrected chi connectivity index (χ1v) is 5.00. The summed E-state index contributed by atoms with van der Waals surface area (Å²) in [5, 5.41) is 0. The first-order chi connectivity index (χ1) is 5.16. The number of hydrogen-bond donors (Lipinski definition) is 0. The average molecular weight is 264 g/mol. The molecule has 0 aliphatic carbocycles. The summed E-state index contributed by atoms with van der Waals surface area (Å²) >= 11 is 2.18. The zero-order valence-corrected chi connectivity index (χ0v) is 8.78. The Balaban J connectivity index is 3.29. The van der Waals surface area contributed by atoms with Crippen molar-refractivity contribution in [1.82, 2.24) is 0 Å². The predicted octanol–water partition coefficient (Wildman–Crippen LogP) is 3.38. The minimum Gasteiger partial charge on any atom is -0.206 e. The minimum absolute atomic E-state index is 0.0422. The third-order valence-corrected chi connectivity index (χ3v) is 2.57. The maximum absolute atomic E-state index is 13.3. The predicted molar refractivity (Wildman–Crippen MR) is 53.6 cm³/mol. The van der Waals surface area contributed by atoms with Crippen LogP contribution in [0.5, 0.6) is 0 Å². The molecule has 0 saturated carbocycles. The molecule has 0 spiro atoms. The lowest BCUT2D eigenvalue weighted by atomic mass is 10.1. The Labute approximate surface area is 80.0 Å². The number of benzene rings is 1. The summed E-state index contributed by atoms with van der Waals surface area (Å²) in [7, 11) is 0. The Kier molecular flexibility index (Phi) is 2.87. The number of hydrogen-bond acceptors (Lipinski definition) is 0. The van der Waals surface area contributed by atoms with Gasteiger partial charge in [-0.3, -0.25) is 0 Å². The smallest absolute Gasteiger partial charge is 0.130 e. The normalized spacial score (nSPS) is 10.2. The summed E-state index contributed by atoms with van der Waals surface area (Å²) in [6.07, 6.45) is 0. The lowest BCUT2D eigenvalue weighted by molar-refractivity contribution is 0.607. The van der Waals surface area contributed by atoms with E-state index in [4.69, 9.17) is 0 Å². The molecule has 0 aromatic heterocycles. The van der Waals surface area contributed by atoms with Crippen LogP contribution in [0, 0.1) is 19.7 Å². The summed E-state index contributed by atoms with van der Waals surface area (Å²) in [5.41, 5.74) is 2.62. The van der Waals surface area contributed by atoms with E-state index in [1.54, 1.807) is 6.92 Å². The Morgan fingerprint density at radius 3 is 2.27 bits per heavy atom. The fourth-order valence-electron chi connectivity index (χ4n) is 0.999. The maximum atomic E-state index is 13.3. The average Bonchev–Trinajstić information content (AvgIpc) is 1.99. The SMILES string of the molecule is Cc1ccc(C)c(CI)c1F. The molecule has 1 rings (SSSR count). The highest BCUT2D eigenvalue weighted by Gasteiger charge is 2.05. The highest BCUT2D eigenvalue weighted by molar-refractivity contribution is 14.1. The summed E-state index contributed by atoms with van der Waals surface area (Å²) in [6.45, 7) is 3.74. The standard InChI is InChI=1S/C9H10FI/c1-6-3-4-7(2)9(10)8(6)5-11/h3-4H,5H2,1-2H3. The van der Waals surface area contributed by atoms with E-state index in [0.717, 1.165) is 21.1 Å². The van der Waals surface area contributed by atoms with Crippen LogP contribution in [-0.4, -0.2) is 0 Å². The zero-order chi connectivity index (χ0) is 8.43. The number of aryl methyl sites for hydroxylation is 2. The van der Waals surface area contributed by atoms with Gasteiger partial charge in [0.15, 0.2) is 0 Å². The molecule has 1 aromatic carbocycles. The van der Waals surface area contributed by atoms with Crippen LogP contribution in [0.3, 0.4) is 0 Å². The number of rotatable bonds is 1. The molecule has 0 bridgehead atoms. The van der Waals surface area contributed by atoms with Gasteiger partial charge in [0, 0.05) is 9.99 Å². The Hall–Kier alpha value is -0.120. The van der Waals surface area contributed by atoms with E-state index in [1.807, 2.05) is 19.1 Å². The molecule has 0 heterocycles. The summed E-state index contributed by atoms with van der Waals surface area (Å²) in [6, 6.07) is 3.78. The third-order valence-electron chi connectivity index (χ3n) is 1.80. The number of halogens is 2. The van der Waals surface area contributed by atoms with Crippen LogP contribution >= 0.6 is 22.6 Å². The monoisotopic (exact) mass is 264 g/mol. The molecule has 0 fully saturated rings. The van der Waals surface area contributed by atoms with Gasteiger partial charge < -0.3 is 0 Å². The van der Waals surface area contributed by atoms with Crippen molar-refractivity contribution >= 4 is 22.6 Å². The van der Waals surface area contributed by atoms with Crippen molar-refractivity contribution in [1.29, 1.82) is 0 Å². The maximum Gasteiger partial charge on any atom is 0.130 e. The van der Waals surface area contributed by atoms with Crippen LogP contribution in [0.1, 0.15) is 16.7 Å². The van der Waals surface area contributed by atoms with Crippen LogP contribution in [0.4, 0.5) is 4.39 Å². The lowest BCUT2D eigenvalue weighted by Gasteiger charge is -2.05. The largest absolute Gasteiger partial charge is 0.206 e. The molecule has 0 radical (unpaired) electrons. The van der Waals surface area contributed by atoms with E-state index in [2.05, 4.69) is 22.6 Å². The fraction of sp³-hybridized carbons (Fsp3) is 0.333. The van der Waals surface area contributed by atoms with E-state index in [9.17, 15) is 4.39 Å². The minimum atomic E-state index is -0.0422. The van der Waals surface area contributed by atoms with Gasteiger partial charge in [-0.1, -0.05) is 34.7 Å². The van der Waals surface area contributed by atoms with E-state index < -0.39 is 0 Å². The molecule has 2 heteroatoms. The third kappa shape index (κ3) is 1.72. The van der Waals surface area contributed by atoms with Gasteiger partial charge in [0.1, 0.15) is 5.82 Å². The molecule has 0 amide bonds. The van der Waals surface area contributed by atoms with Gasteiger partial charge in [-0.25, -0.2) is 4.39 Å². The second kappa shape index (κ2) is 3.52. The van der Waals surface area contributed by atoms with Gasteiger partial charge in [0.05, 0.1) is 0 Å². The first-order valence-electron chi connectivity index (χ1n) is 3.47. The summed E-state index contributed by atoms with van der Waals surface area (Å²) in [5.74, 6) is -0.0422. The molecule has 0 aliphatic rings. The molecule has 0 atom stereocenters. The first kappa shape index (κ1) is 8.97. The Morgan fingerprint density at radius 2 is 1.82 bits per heavy atom. The molecular formula is C9H10FI. The second-order valence-corrected chi connectivity index (χ2v) is 3.39. The molecule has 0 aliphatic heterocycles. The van der Waals surface area contributed by atoms with Gasteiger partial charge in [-0.15, -0.1) is 0 Å². The van der Waals surface area contributed by atoms with E-state index in [-0.39, 0.29) is 5.82 Å². The molecule has 0 nitrogen and oxygen atoms in total. The molecular weight excluding hydrogens is 254 g/mol. The van der Waals surface area contributed by atoms with Gasteiger partial charge in [-0.05, 0) is 25.0 Å². The fourth-order valence-corrected chi connectivity index (χ4v) is 1.94. The Morgan fingerprint density at radius 1 is 1.27 bits per heavy atom. The van der Waals surface area contributed by atoms with Gasteiger partial charge in [0.25, 0.3) is 0 Å². The molecule has 0 N–H and O–H groups in total. The van der Waals surface area contributed by atoms with Gasteiger partial charge >= 0.3 is 0 Å². The van der Waals surface area contributed by atoms with Gasteiger partial charge in [0.2, 0.25) is 0 Å². The molecule has 0 saturated heterocycles. The van der Waals surface area contributed by atoms with Crippen molar-refractivity contribution in [3.8, 4) is 0 Å². The highest BCUT2D eigenvalue weighted by Crippen LogP contribution is 2.19. The van der Waals surface area contributed by atoms with Gasteiger partial charge in [-0.2, -0.15) is 0 Å². The van der Waals surface area contributed by atoms with Crippen molar-refractivity contribution in [3.05, 3.63) is 34.6 Å². The molecule has 1 aromatic rings. The van der Waals surface area contributed by atoms with E-state index in [0.29, 0.717) is 0 Å². The van der Waals surface area contributed by atoms with E-state index in [1.165, 1.54) is 0 Å². The van der Waals surface area contributed by atoms with Crippen LogP contribution in [0.15, 0.2) is 12.1 Å². The summed E-state index contributed by atoms with van der Waals surface area (Å²) in [4.78, 5) is 0. The zero-order valence-electron chi connectivity index (χ0n) is 6.62. The quantitative estimate of drug-likeness (QED) is 0.539. The van der Waals surface area contributed by atoms with Crippen molar-refractivity contribution in [3.63, 3.8) is 0 Å². The lowest BCUT2D eigenvalue weighted by Crippen LogP contribution is -1.93. The van der Waals surface area contributed by atoms with Crippen molar-refractivity contribution in [2.45, 2.75) is 18.3 Å². The van der Waals surface area contributed by atoms with Crippen molar-refractivity contribution in [2.75, 3.05) is 0 Å². The van der Waals surface area contributed by atoms with Crippen LogP contribution in [0.25, 0.3) is 0 Å². The molecule has 11 heavy (non-hydrogen) atoms. The van der Waals surface area contributed by atoms with E-state index >= 15 is 0 Å². The molecule has 60 valence electrons. The summed E-state index contributed by atoms with van der Waals surface area (Å²) < 4.78 is 14.0. The highest BCUT2D eigenvalue weighted by atomic mass is 127. The van der Waals surface area contributed by atoms with Crippen LogP contribution < -0.4 is 0 Å². The molecule has 0 unspecified atom stereocenters. The number of alkyl halides is 1.